The molecular formula is C18H15F3N4O2. The van der Waals surface area contributed by atoms with Gasteiger partial charge in [0.1, 0.15) is 5.69 Å². The Hall–Kier alpha value is -3.20. The average molecular weight is 376 g/mol. The number of hydrogen-bond donors (Lipinski definition) is 1. The number of alkyl halides is 3. The third kappa shape index (κ3) is 4.32. The van der Waals surface area contributed by atoms with Crippen LogP contribution in [0.1, 0.15) is 21.7 Å². The predicted molar refractivity (Wildman–Crippen MR) is 91.5 cm³/mol. The Kier molecular flexibility index (Phi) is 5.22. The molecule has 6 nitrogen and oxygen atoms in total. The average Bonchev–Trinajstić information content (AvgIpc) is 3.08. The fourth-order valence-electron chi connectivity index (χ4n) is 2.43. The molecule has 0 unspecified atom stereocenters. The van der Waals surface area contributed by atoms with E-state index < -0.39 is 11.9 Å². The van der Waals surface area contributed by atoms with Crippen LogP contribution in [0, 0.1) is 0 Å². The zero-order valence-corrected chi connectivity index (χ0v) is 14.2. The lowest BCUT2D eigenvalue weighted by molar-refractivity contribution is -0.142. The van der Waals surface area contributed by atoms with E-state index in [0.717, 1.165) is 10.7 Å². The van der Waals surface area contributed by atoms with Crippen LogP contribution in [0.15, 0.2) is 54.9 Å². The zero-order valence-electron chi connectivity index (χ0n) is 14.2. The SMILES string of the molecule is COCc1cc(C(F)(F)F)n(-c2ccc(NC(=O)c3cccnc3)cc2)n1. The Bertz CT molecular complexity index is 922. The number of carbonyl (C=O) groups is 1. The number of nitrogens with one attached hydrogen (secondary N) is 1. The number of rotatable bonds is 5. The number of amides is 1. The number of ether oxygens (including phenoxy) is 1. The molecule has 0 saturated heterocycles. The Morgan fingerprint density at radius 1 is 1.22 bits per heavy atom. The second-order valence-electron chi connectivity index (χ2n) is 5.61. The van der Waals surface area contributed by atoms with Gasteiger partial charge < -0.3 is 10.1 Å². The highest BCUT2D eigenvalue weighted by Gasteiger charge is 2.36. The van der Waals surface area contributed by atoms with Gasteiger partial charge in [-0.05, 0) is 42.5 Å². The summed E-state index contributed by atoms with van der Waals surface area (Å²) in [4.78, 5) is 16.0. The van der Waals surface area contributed by atoms with Crippen LogP contribution in [0.4, 0.5) is 18.9 Å². The first-order chi connectivity index (χ1) is 12.9. The number of pyridine rings is 1. The lowest BCUT2D eigenvalue weighted by atomic mass is 10.2. The molecule has 0 aliphatic rings. The molecule has 27 heavy (non-hydrogen) atoms. The van der Waals surface area contributed by atoms with Crippen LogP contribution in [0.3, 0.4) is 0 Å². The van der Waals surface area contributed by atoms with E-state index in [4.69, 9.17) is 4.74 Å². The molecule has 1 aromatic carbocycles. The summed E-state index contributed by atoms with van der Waals surface area (Å²) in [5.41, 5.74) is 0.284. The summed E-state index contributed by atoms with van der Waals surface area (Å²) in [5, 5.41) is 6.61. The van der Waals surface area contributed by atoms with Gasteiger partial charge in [-0.15, -0.1) is 0 Å². The van der Waals surface area contributed by atoms with Crippen molar-refractivity contribution < 1.29 is 22.7 Å². The van der Waals surface area contributed by atoms with E-state index in [0.29, 0.717) is 11.3 Å². The second kappa shape index (κ2) is 7.58. The maximum absolute atomic E-state index is 13.3. The fraction of sp³-hybridized carbons (Fsp3) is 0.167. The maximum Gasteiger partial charge on any atom is 0.433 e. The van der Waals surface area contributed by atoms with Gasteiger partial charge in [-0.2, -0.15) is 18.3 Å². The van der Waals surface area contributed by atoms with Gasteiger partial charge in [-0.25, -0.2) is 4.68 Å². The molecule has 0 saturated carbocycles. The van der Waals surface area contributed by atoms with Gasteiger partial charge in [-0.3, -0.25) is 9.78 Å². The van der Waals surface area contributed by atoms with Crippen LogP contribution in [0.25, 0.3) is 5.69 Å². The van der Waals surface area contributed by atoms with Crippen molar-refractivity contribution in [2.24, 2.45) is 0 Å². The Morgan fingerprint density at radius 2 is 1.96 bits per heavy atom. The number of carbonyl (C=O) groups excluding carboxylic acids is 1. The fourth-order valence-corrected chi connectivity index (χ4v) is 2.43. The van der Waals surface area contributed by atoms with E-state index in [-0.39, 0.29) is 23.9 Å². The summed E-state index contributed by atoms with van der Waals surface area (Å²) in [7, 11) is 1.38. The van der Waals surface area contributed by atoms with E-state index in [2.05, 4.69) is 15.4 Å². The molecule has 0 spiro atoms. The van der Waals surface area contributed by atoms with Crippen molar-refractivity contribution in [2.75, 3.05) is 12.4 Å². The number of halogens is 3. The zero-order chi connectivity index (χ0) is 19.4. The van der Waals surface area contributed by atoms with Gasteiger partial charge in [-0.1, -0.05) is 0 Å². The maximum atomic E-state index is 13.3. The van der Waals surface area contributed by atoms with Gasteiger partial charge >= 0.3 is 6.18 Å². The first-order valence-corrected chi connectivity index (χ1v) is 7.85. The third-order valence-corrected chi connectivity index (χ3v) is 3.64. The molecule has 3 aromatic rings. The number of methoxy groups -OCH3 is 1. The molecule has 0 radical (unpaired) electrons. The number of hydrogen-bond acceptors (Lipinski definition) is 4. The van der Waals surface area contributed by atoms with Crippen molar-refractivity contribution in [1.82, 2.24) is 14.8 Å². The lowest BCUT2D eigenvalue weighted by Gasteiger charge is -2.11. The molecule has 3 rings (SSSR count). The monoisotopic (exact) mass is 376 g/mol. The minimum Gasteiger partial charge on any atom is -0.378 e. The highest BCUT2D eigenvalue weighted by Crippen LogP contribution is 2.32. The molecule has 0 bridgehead atoms. The molecule has 0 aliphatic heterocycles. The van der Waals surface area contributed by atoms with Gasteiger partial charge in [0, 0.05) is 25.2 Å². The largest absolute Gasteiger partial charge is 0.433 e. The molecule has 1 amide bonds. The van der Waals surface area contributed by atoms with Crippen LogP contribution in [0.2, 0.25) is 0 Å². The topological polar surface area (TPSA) is 69.0 Å². The molecule has 0 fully saturated rings. The number of aromatic nitrogens is 3. The van der Waals surface area contributed by atoms with Crippen molar-refractivity contribution in [3.63, 3.8) is 0 Å². The molecule has 140 valence electrons. The van der Waals surface area contributed by atoms with E-state index in [9.17, 15) is 18.0 Å². The van der Waals surface area contributed by atoms with Crippen LogP contribution in [-0.2, 0) is 17.5 Å². The van der Waals surface area contributed by atoms with Gasteiger partial charge in [0.2, 0.25) is 0 Å². The summed E-state index contributed by atoms with van der Waals surface area (Å²) >= 11 is 0. The lowest BCUT2D eigenvalue weighted by Crippen LogP contribution is -2.14. The number of nitrogens with zero attached hydrogens (tertiary/aromatic N) is 3. The highest BCUT2D eigenvalue weighted by molar-refractivity contribution is 6.04. The molecule has 1 N–H and O–H groups in total. The molecule has 2 aromatic heterocycles. The summed E-state index contributed by atoms with van der Waals surface area (Å²) in [5.74, 6) is -0.367. The van der Waals surface area contributed by atoms with Crippen molar-refractivity contribution in [3.05, 3.63) is 71.8 Å². The number of anilines is 1. The van der Waals surface area contributed by atoms with Crippen molar-refractivity contribution in [2.45, 2.75) is 12.8 Å². The van der Waals surface area contributed by atoms with Gasteiger partial charge in [0.05, 0.1) is 23.6 Å². The molecule has 9 heteroatoms. The minimum absolute atomic E-state index is 0.0324. The van der Waals surface area contributed by atoms with Crippen molar-refractivity contribution in [1.29, 1.82) is 0 Å². The molecular weight excluding hydrogens is 361 g/mol. The number of benzene rings is 1. The van der Waals surface area contributed by atoms with Crippen LogP contribution in [0.5, 0.6) is 0 Å². The quantitative estimate of drug-likeness (QED) is 0.738. The first-order valence-electron chi connectivity index (χ1n) is 7.85. The van der Waals surface area contributed by atoms with Gasteiger partial charge in [0.15, 0.2) is 0 Å². The Labute approximate surface area is 152 Å². The molecule has 0 aliphatic carbocycles. The van der Waals surface area contributed by atoms with Crippen molar-refractivity contribution in [3.8, 4) is 5.69 Å². The minimum atomic E-state index is -4.56. The Balaban J connectivity index is 1.84. The van der Waals surface area contributed by atoms with E-state index in [1.165, 1.54) is 37.6 Å². The first kappa shape index (κ1) is 18.6. The standard InChI is InChI=1S/C18H15F3N4O2/c1-27-11-14-9-16(18(19,20)21)25(24-14)15-6-4-13(5-7-15)23-17(26)12-3-2-8-22-10-12/h2-10H,11H2,1H3,(H,23,26). The molecule has 2 heterocycles. The third-order valence-electron chi connectivity index (χ3n) is 3.64. The normalized spacial score (nSPS) is 11.4. The Morgan fingerprint density at radius 3 is 2.56 bits per heavy atom. The van der Waals surface area contributed by atoms with E-state index >= 15 is 0 Å². The van der Waals surface area contributed by atoms with E-state index in [1.807, 2.05) is 0 Å². The van der Waals surface area contributed by atoms with Crippen LogP contribution in [-0.4, -0.2) is 27.8 Å². The predicted octanol–water partition coefficient (Wildman–Crippen LogP) is 3.68. The van der Waals surface area contributed by atoms with Crippen LogP contribution < -0.4 is 5.32 Å². The molecule has 0 atom stereocenters. The van der Waals surface area contributed by atoms with E-state index in [1.54, 1.807) is 18.3 Å². The summed E-state index contributed by atoms with van der Waals surface area (Å²) in [6, 6.07) is 10.1. The smallest absolute Gasteiger partial charge is 0.378 e. The van der Waals surface area contributed by atoms with Gasteiger partial charge in [0.25, 0.3) is 5.91 Å². The summed E-state index contributed by atoms with van der Waals surface area (Å²) < 4.78 is 45.4. The second-order valence-corrected chi connectivity index (χ2v) is 5.61. The summed E-state index contributed by atoms with van der Waals surface area (Å²) in [6.07, 6.45) is -1.60. The summed E-state index contributed by atoms with van der Waals surface area (Å²) in [6.45, 7) is -0.0324. The van der Waals surface area contributed by atoms with Crippen molar-refractivity contribution >= 4 is 11.6 Å². The van der Waals surface area contributed by atoms with Crippen LogP contribution >= 0.6 is 0 Å². The highest BCUT2D eigenvalue weighted by atomic mass is 19.4.